The Bertz CT molecular complexity index is 489. The van der Waals surface area contributed by atoms with Crippen LogP contribution in [-0.4, -0.2) is 5.26 Å². The van der Waals surface area contributed by atoms with Crippen molar-refractivity contribution in [1.29, 1.82) is 0 Å². The largest absolute Gasteiger partial charge is 0.251 e. The molecule has 0 spiro atoms. The summed E-state index contributed by atoms with van der Waals surface area (Å²) >= 11 is 0. The number of rotatable bonds is 3. The van der Waals surface area contributed by atoms with Crippen molar-refractivity contribution in [2.75, 3.05) is 0 Å². The Hall–Kier alpha value is -1.64. The Morgan fingerprint density at radius 3 is 2.12 bits per heavy atom. The standard InChI is InChI=1S/C15H16O2/c1-15(2,17-16)14-11-7-6-10-13(14)12-8-4-3-5-9-12/h3-11,16H,1-2H3. The van der Waals surface area contributed by atoms with Crippen molar-refractivity contribution in [3.63, 3.8) is 0 Å². The van der Waals surface area contributed by atoms with Crippen molar-refractivity contribution in [2.45, 2.75) is 19.4 Å². The van der Waals surface area contributed by atoms with Crippen LogP contribution in [0.5, 0.6) is 0 Å². The summed E-state index contributed by atoms with van der Waals surface area (Å²) in [5.41, 5.74) is 2.45. The van der Waals surface area contributed by atoms with E-state index in [1.165, 1.54) is 0 Å². The van der Waals surface area contributed by atoms with E-state index in [4.69, 9.17) is 5.26 Å². The average Bonchev–Trinajstić information content (AvgIpc) is 2.40. The number of hydrogen-bond acceptors (Lipinski definition) is 2. The van der Waals surface area contributed by atoms with Gasteiger partial charge in [-0.1, -0.05) is 54.6 Å². The molecule has 2 heteroatoms. The van der Waals surface area contributed by atoms with Crippen molar-refractivity contribution in [3.8, 4) is 11.1 Å². The highest BCUT2D eigenvalue weighted by Crippen LogP contribution is 2.33. The zero-order chi connectivity index (χ0) is 12.3. The first-order chi connectivity index (χ1) is 8.15. The van der Waals surface area contributed by atoms with E-state index in [2.05, 4.69) is 4.89 Å². The van der Waals surface area contributed by atoms with Crippen LogP contribution in [-0.2, 0) is 10.5 Å². The van der Waals surface area contributed by atoms with Crippen LogP contribution in [0.1, 0.15) is 19.4 Å². The summed E-state index contributed by atoms with van der Waals surface area (Å²) < 4.78 is 0. The summed E-state index contributed by atoms with van der Waals surface area (Å²) in [7, 11) is 0. The molecule has 0 aliphatic rings. The molecule has 0 fully saturated rings. The van der Waals surface area contributed by atoms with E-state index in [9.17, 15) is 0 Å². The first-order valence-corrected chi connectivity index (χ1v) is 5.62. The predicted octanol–water partition coefficient (Wildman–Crippen LogP) is 4.08. The molecule has 1 N–H and O–H groups in total. The van der Waals surface area contributed by atoms with Crippen LogP contribution in [0.2, 0.25) is 0 Å². The lowest BCUT2D eigenvalue weighted by Crippen LogP contribution is -2.20. The Balaban J connectivity index is 2.56. The molecule has 0 amide bonds. The molecular formula is C15H16O2. The second-order valence-electron chi connectivity index (χ2n) is 4.51. The summed E-state index contributed by atoms with van der Waals surface area (Å²) in [6.07, 6.45) is 0. The van der Waals surface area contributed by atoms with E-state index in [1.54, 1.807) is 0 Å². The van der Waals surface area contributed by atoms with Gasteiger partial charge >= 0.3 is 0 Å². The molecule has 0 atom stereocenters. The van der Waals surface area contributed by atoms with E-state index < -0.39 is 5.60 Å². The fourth-order valence-corrected chi connectivity index (χ4v) is 1.93. The third-order valence-corrected chi connectivity index (χ3v) is 2.89. The maximum absolute atomic E-state index is 9.02. The summed E-state index contributed by atoms with van der Waals surface area (Å²) in [5.74, 6) is 0. The molecule has 0 unspecified atom stereocenters. The zero-order valence-electron chi connectivity index (χ0n) is 10.1. The lowest BCUT2D eigenvalue weighted by molar-refractivity contribution is -0.318. The van der Waals surface area contributed by atoms with E-state index in [0.29, 0.717) is 0 Å². The summed E-state index contributed by atoms with van der Waals surface area (Å²) in [6, 6.07) is 18.0. The Morgan fingerprint density at radius 1 is 0.882 bits per heavy atom. The van der Waals surface area contributed by atoms with Gasteiger partial charge in [-0.2, -0.15) is 0 Å². The molecule has 0 aromatic heterocycles. The van der Waals surface area contributed by atoms with Gasteiger partial charge in [-0.15, -0.1) is 0 Å². The van der Waals surface area contributed by atoms with Gasteiger partial charge in [0.05, 0.1) is 0 Å². The SMILES string of the molecule is CC(C)(OO)c1ccccc1-c1ccccc1. The van der Waals surface area contributed by atoms with E-state index in [-0.39, 0.29) is 0 Å². The first kappa shape index (κ1) is 11.8. The highest BCUT2D eigenvalue weighted by Gasteiger charge is 2.24. The van der Waals surface area contributed by atoms with Gasteiger partial charge in [0.2, 0.25) is 0 Å². The third kappa shape index (κ3) is 2.38. The minimum atomic E-state index is -0.716. The molecule has 2 rings (SSSR count). The molecule has 2 nitrogen and oxygen atoms in total. The molecular weight excluding hydrogens is 212 g/mol. The highest BCUT2D eigenvalue weighted by molar-refractivity contribution is 5.68. The van der Waals surface area contributed by atoms with Crippen molar-refractivity contribution in [3.05, 3.63) is 60.2 Å². The van der Waals surface area contributed by atoms with Gasteiger partial charge in [0.1, 0.15) is 5.60 Å². The molecule has 0 bridgehead atoms. The fraction of sp³-hybridized carbons (Fsp3) is 0.200. The second kappa shape index (κ2) is 4.70. The van der Waals surface area contributed by atoms with Crippen LogP contribution in [0, 0.1) is 0 Å². The maximum Gasteiger partial charge on any atom is 0.123 e. The van der Waals surface area contributed by atoms with Crippen LogP contribution in [0.4, 0.5) is 0 Å². The maximum atomic E-state index is 9.02. The molecule has 2 aromatic carbocycles. The van der Waals surface area contributed by atoms with Crippen LogP contribution in [0.15, 0.2) is 54.6 Å². The van der Waals surface area contributed by atoms with Gasteiger partial charge in [-0.3, -0.25) is 5.26 Å². The topological polar surface area (TPSA) is 29.5 Å². The number of benzene rings is 2. The van der Waals surface area contributed by atoms with Crippen molar-refractivity contribution >= 4 is 0 Å². The van der Waals surface area contributed by atoms with E-state index >= 15 is 0 Å². The number of hydrogen-bond donors (Lipinski definition) is 1. The van der Waals surface area contributed by atoms with Crippen LogP contribution in [0.3, 0.4) is 0 Å². The second-order valence-corrected chi connectivity index (χ2v) is 4.51. The third-order valence-electron chi connectivity index (χ3n) is 2.89. The molecule has 0 saturated heterocycles. The smallest absolute Gasteiger partial charge is 0.123 e. The molecule has 17 heavy (non-hydrogen) atoms. The Labute approximate surface area is 101 Å². The highest BCUT2D eigenvalue weighted by atomic mass is 17.1. The lowest BCUT2D eigenvalue weighted by atomic mass is 9.90. The lowest BCUT2D eigenvalue weighted by Gasteiger charge is -2.24. The summed E-state index contributed by atoms with van der Waals surface area (Å²) in [5, 5.41) is 9.02. The van der Waals surface area contributed by atoms with Gasteiger partial charge in [-0.25, -0.2) is 4.89 Å². The summed E-state index contributed by atoms with van der Waals surface area (Å²) in [4.78, 5) is 4.59. The minimum absolute atomic E-state index is 0.716. The normalized spacial score (nSPS) is 11.5. The quantitative estimate of drug-likeness (QED) is 0.633. The van der Waals surface area contributed by atoms with Crippen molar-refractivity contribution in [1.82, 2.24) is 0 Å². The molecule has 2 aromatic rings. The van der Waals surface area contributed by atoms with Crippen molar-refractivity contribution < 1.29 is 10.1 Å². The molecule has 0 heterocycles. The van der Waals surface area contributed by atoms with Gasteiger partial charge in [0.15, 0.2) is 0 Å². The van der Waals surface area contributed by atoms with E-state index in [0.717, 1.165) is 16.7 Å². The Kier molecular flexibility index (Phi) is 3.27. The summed E-state index contributed by atoms with van der Waals surface area (Å²) in [6.45, 7) is 3.68. The molecule has 0 aliphatic heterocycles. The molecule has 0 saturated carbocycles. The van der Waals surface area contributed by atoms with Crippen LogP contribution < -0.4 is 0 Å². The van der Waals surface area contributed by atoms with E-state index in [1.807, 2.05) is 68.4 Å². The minimum Gasteiger partial charge on any atom is -0.251 e. The van der Waals surface area contributed by atoms with Crippen LogP contribution in [0.25, 0.3) is 11.1 Å². The molecule has 88 valence electrons. The first-order valence-electron chi connectivity index (χ1n) is 5.62. The fourth-order valence-electron chi connectivity index (χ4n) is 1.93. The van der Waals surface area contributed by atoms with Crippen LogP contribution >= 0.6 is 0 Å². The monoisotopic (exact) mass is 228 g/mol. The van der Waals surface area contributed by atoms with Gasteiger partial charge < -0.3 is 0 Å². The zero-order valence-corrected chi connectivity index (χ0v) is 10.1. The van der Waals surface area contributed by atoms with Gasteiger partial charge in [0, 0.05) is 0 Å². The van der Waals surface area contributed by atoms with Crippen molar-refractivity contribution in [2.24, 2.45) is 0 Å². The average molecular weight is 228 g/mol. The molecule has 0 radical (unpaired) electrons. The van der Waals surface area contributed by atoms with Gasteiger partial charge in [0.25, 0.3) is 0 Å². The van der Waals surface area contributed by atoms with Gasteiger partial charge in [-0.05, 0) is 30.5 Å². The Morgan fingerprint density at radius 2 is 1.47 bits per heavy atom. The molecule has 0 aliphatic carbocycles. The predicted molar refractivity (Wildman–Crippen MR) is 68.6 cm³/mol.